The molecule has 3 rings (SSSR count). The maximum Gasteiger partial charge on any atom is 0.405 e. The molecule has 0 fully saturated rings. The van der Waals surface area contributed by atoms with Gasteiger partial charge in [0.25, 0.3) is 0 Å². The number of carbonyl (C=O) groups excluding carboxylic acids is 1. The second kappa shape index (κ2) is 6.08. The van der Waals surface area contributed by atoms with E-state index in [0.717, 1.165) is 28.1 Å². The SMILES string of the molecule is CC(=O)N1CCc2cc(-c3nc(NCC(F)(F)F)sc3C)ccc21. The molecule has 4 nitrogen and oxygen atoms in total. The van der Waals surface area contributed by atoms with Gasteiger partial charge in [0.05, 0.1) is 5.69 Å². The third-order valence-corrected chi connectivity index (χ3v) is 4.79. The molecule has 8 heteroatoms. The molecule has 0 atom stereocenters. The number of hydrogen-bond acceptors (Lipinski definition) is 4. The standard InChI is InChI=1S/C16H16F3N3OS/c1-9-14(21-15(24-9)20-8-16(17,18)19)12-3-4-13-11(7-12)5-6-22(13)10(2)23/h3-4,7H,5-6,8H2,1-2H3,(H,20,21). The van der Waals surface area contributed by atoms with Gasteiger partial charge in [-0.05, 0) is 31.0 Å². The Morgan fingerprint density at radius 1 is 1.42 bits per heavy atom. The van der Waals surface area contributed by atoms with Gasteiger partial charge < -0.3 is 10.2 Å². The van der Waals surface area contributed by atoms with E-state index in [4.69, 9.17) is 0 Å². The third-order valence-electron chi connectivity index (χ3n) is 3.87. The Morgan fingerprint density at radius 3 is 2.83 bits per heavy atom. The van der Waals surface area contributed by atoms with Crippen LogP contribution in [0.3, 0.4) is 0 Å². The number of rotatable bonds is 3. The molecule has 24 heavy (non-hydrogen) atoms. The molecule has 0 aliphatic carbocycles. The molecule has 0 saturated carbocycles. The van der Waals surface area contributed by atoms with Crippen LogP contribution in [0.15, 0.2) is 18.2 Å². The first-order valence-electron chi connectivity index (χ1n) is 7.44. The molecular weight excluding hydrogens is 339 g/mol. The zero-order valence-corrected chi connectivity index (χ0v) is 14.0. The zero-order chi connectivity index (χ0) is 17.5. The van der Waals surface area contributed by atoms with E-state index in [-0.39, 0.29) is 11.0 Å². The molecule has 0 spiro atoms. The van der Waals surface area contributed by atoms with Gasteiger partial charge in [-0.1, -0.05) is 6.07 Å². The lowest BCUT2D eigenvalue weighted by molar-refractivity contribution is -0.116. The van der Waals surface area contributed by atoms with Crippen LogP contribution in [-0.2, 0) is 11.2 Å². The van der Waals surface area contributed by atoms with Crippen molar-refractivity contribution in [2.24, 2.45) is 0 Å². The first-order chi connectivity index (χ1) is 11.2. The monoisotopic (exact) mass is 355 g/mol. The summed E-state index contributed by atoms with van der Waals surface area (Å²) in [5.41, 5.74) is 3.48. The number of benzene rings is 1. The summed E-state index contributed by atoms with van der Waals surface area (Å²) in [6.07, 6.45) is -3.51. The fourth-order valence-electron chi connectivity index (χ4n) is 2.79. The first kappa shape index (κ1) is 16.8. The number of aryl methyl sites for hydroxylation is 1. The fourth-order valence-corrected chi connectivity index (χ4v) is 3.62. The maximum absolute atomic E-state index is 12.3. The fraction of sp³-hybridized carbons (Fsp3) is 0.375. The first-order valence-corrected chi connectivity index (χ1v) is 8.26. The molecule has 0 unspecified atom stereocenters. The molecule has 1 aromatic carbocycles. The molecule has 1 N–H and O–H groups in total. The van der Waals surface area contributed by atoms with E-state index in [1.165, 1.54) is 18.3 Å². The van der Waals surface area contributed by atoms with Crippen molar-refractivity contribution in [1.29, 1.82) is 0 Å². The molecule has 0 bridgehead atoms. The number of nitrogens with zero attached hydrogens (tertiary/aromatic N) is 2. The van der Waals surface area contributed by atoms with Gasteiger partial charge in [-0.2, -0.15) is 13.2 Å². The summed E-state index contributed by atoms with van der Waals surface area (Å²) in [5.74, 6) is 0.00461. The van der Waals surface area contributed by atoms with Gasteiger partial charge in [0.1, 0.15) is 6.54 Å². The number of carbonyl (C=O) groups is 1. The Bertz CT molecular complexity index is 785. The number of hydrogen-bond donors (Lipinski definition) is 1. The smallest absolute Gasteiger partial charge is 0.352 e. The van der Waals surface area contributed by atoms with Crippen LogP contribution in [0.2, 0.25) is 0 Å². The van der Waals surface area contributed by atoms with E-state index in [2.05, 4.69) is 10.3 Å². The van der Waals surface area contributed by atoms with Crippen LogP contribution < -0.4 is 10.2 Å². The molecule has 1 aromatic heterocycles. The number of alkyl halides is 3. The lowest BCUT2D eigenvalue weighted by Gasteiger charge is -2.14. The number of anilines is 2. The van der Waals surface area contributed by atoms with E-state index in [1.54, 1.807) is 4.90 Å². The largest absolute Gasteiger partial charge is 0.405 e. The minimum Gasteiger partial charge on any atom is -0.352 e. The van der Waals surface area contributed by atoms with Crippen LogP contribution in [0.1, 0.15) is 17.4 Å². The van der Waals surface area contributed by atoms with Gasteiger partial charge in [0, 0.05) is 29.6 Å². The highest BCUT2D eigenvalue weighted by Crippen LogP contribution is 2.35. The number of thiazole rings is 1. The molecule has 0 radical (unpaired) electrons. The number of aromatic nitrogens is 1. The summed E-state index contributed by atoms with van der Waals surface area (Å²) in [4.78, 5) is 18.5. The summed E-state index contributed by atoms with van der Waals surface area (Å²) >= 11 is 1.20. The lowest BCUT2D eigenvalue weighted by atomic mass is 10.1. The number of amides is 1. The van der Waals surface area contributed by atoms with Gasteiger partial charge in [0.15, 0.2) is 5.13 Å². The van der Waals surface area contributed by atoms with Gasteiger partial charge in [-0.3, -0.25) is 4.79 Å². The highest BCUT2D eigenvalue weighted by molar-refractivity contribution is 7.16. The number of halogens is 3. The van der Waals surface area contributed by atoms with Crippen LogP contribution >= 0.6 is 11.3 Å². The van der Waals surface area contributed by atoms with Crippen LogP contribution in [0.4, 0.5) is 24.0 Å². The average Bonchev–Trinajstić information content (AvgIpc) is 3.07. The second-order valence-electron chi connectivity index (χ2n) is 5.66. The van der Waals surface area contributed by atoms with Crippen LogP contribution in [0.5, 0.6) is 0 Å². The van der Waals surface area contributed by atoms with Gasteiger partial charge in [0.2, 0.25) is 5.91 Å². The van der Waals surface area contributed by atoms with Crippen LogP contribution in [0, 0.1) is 6.92 Å². The summed E-state index contributed by atoms with van der Waals surface area (Å²) < 4.78 is 36.9. The predicted molar refractivity (Wildman–Crippen MR) is 88.6 cm³/mol. The zero-order valence-electron chi connectivity index (χ0n) is 13.2. The molecule has 0 saturated heterocycles. The van der Waals surface area contributed by atoms with Crippen molar-refractivity contribution < 1.29 is 18.0 Å². The van der Waals surface area contributed by atoms with Crippen molar-refractivity contribution in [2.75, 3.05) is 23.3 Å². The van der Waals surface area contributed by atoms with Gasteiger partial charge in [-0.15, -0.1) is 11.3 Å². The van der Waals surface area contributed by atoms with Crippen molar-refractivity contribution in [3.05, 3.63) is 28.6 Å². The van der Waals surface area contributed by atoms with Crippen LogP contribution in [0.25, 0.3) is 11.3 Å². The minimum atomic E-state index is -4.27. The van der Waals surface area contributed by atoms with Gasteiger partial charge in [-0.25, -0.2) is 4.98 Å². The third kappa shape index (κ3) is 3.38. The molecule has 1 amide bonds. The Balaban J connectivity index is 1.85. The predicted octanol–water partition coefficient (Wildman–Crippen LogP) is 4.00. The average molecular weight is 355 g/mol. The molecule has 2 aromatic rings. The quantitative estimate of drug-likeness (QED) is 0.905. The number of nitrogens with one attached hydrogen (secondary N) is 1. The van der Waals surface area contributed by atoms with E-state index in [9.17, 15) is 18.0 Å². The normalized spacial score (nSPS) is 14.0. The molecule has 2 heterocycles. The topological polar surface area (TPSA) is 45.2 Å². The molecular formula is C16H16F3N3OS. The van der Waals surface area contributed by atoms with Crippen LogP contribution in [-0.4, -0.2) is 30.2 Å². The number of fused-ring (bicyclic) bond motifs is 1. The highest BCUT2D eigenvalue weighted by atomic mass is 32.1. The Kier molecular flexibility index (Phi) is 4.25. The summed E-state index contributed by atoms with van der Waals surface area (Å²) in [5, 5.41) is 2.57. The van der Waals surface area contributed by atoms with Crippen molar-refractivity contribution in [3.63, 3.8) is 0 Å². The van der Waals surface area contributed by atoms with E-state index in [0.29, 0.717) is 12.2 Å². The van der Waals surface area contributed by atoms with Gasteiger partial charge >= 0.3 is 6.18 Å². The molecule has 1 aliphatic rings. The van der Waals surface area contributed by atoms with E-state index >= 15 is 0 Å². The molecule has 1 aliphatic heterocycles. The highest BCUT2D eigenvalue weighted by Gasteiger charge is 2.27. The summed E-state index contributed by atoms with van der Waals surface area (Å²) in [7, 11) is 0. The van der Waals surface area contributed by atoms with Crippen molar-refractivity contribution in [3.8, 4) is 11.3 Å². The maximum atomic E-state index is 12.3. The second-order valence-corrected chi connectivity index (χ2v) is 6.86. The van der Waals surface area contributed by atoms with Crippen molar-refractivity contribution in [2.45, 2.75) is 26.4 Å². The van der Waals surface area contributed by atoms with E-state index in [1.807, 2.05) is 25.1 Å². The van der Waals surface area contributed by atoms with Crippen molar-refractivity contribution in [1.82, 2.24) is 4.98 Å². The minimum absolute atomic E-state index is 0.00461. The lowest BCUT2D eigenvalue weighted by Crippen LogP contribution is -2.25. The Hall–Kier alpha value is -2.09. The molecule has 128 valence electrons. The summed E-state index contributed by atoms with van der Waals surface area (Å²) in [6, 6.07) is 5.70. The Morgan fingerprint density at radius 2 is 2.17 bits per heavy atom. The van der Waals surface area contributed by atoms with Crippen molar-refractivity contribution >= 4 is 28.1 Å². The Labute approximate surface area is 141 Å². The van der Waals surface area contributed by atoms with E-state index < -0.39 is 12.7 Å². The summed E-state index contributed by atoms with van der Waals surface area (Å²) in [6.45, 7) is 2.92.